The largest absolute Gasteiger partial charge is 0.478 e. The quantitative estimate of drug-likeness (QED) is 0.878. The Hall–Kier alpha value is -1.65. The maximum atomic E-state index is 13.0. The van der Waals surface area contributed by atoms with Crippen LogP contribution in [0.25, 0.3) is 0 Å². The molecule has 0 radical (unpaired) electrons. The topological polar surface area (TPSA) is 53.4 Å². The maximum absolute atomic E-state index is 13.0. The first-order valence-corrected chi connectivity index (χ1v) is 5.46. The molecule has 1 N–H and O–H groups in total. The van der Waals surface area contributed by atoms with Crippen molar-refractivity contribution in [3.05, 3.63) is 23.6 Å². The van der Waals surface area contributed by atoms with Crippen LogP contribution < -0.4 is 4.90 Å². The van der Waals surface area contributed by atoms with Gasteiger partial charge in [0.1, 0.15) is 17.2 Å². The van der Waals surface area contributed by atoms with Gasteiger partial charge in [0.2, 0.25) is 0 Å². The van der Waals surface area contributed by atoms with Crippen LogP contribution in [0, 0.1) is 11.7 Å². The lowest BCUT2D eigenvalue weighted by Gasteiger charge is -2.29. The molecule has 0 saturated carbocycles. The first kappa shape index (κ1) is 13.4. The van der Waals surface area contributed by atoms with Crippen LogP contribution in [0.15, 0.2) is 12.3 Å². The number of halogens is 1. The van der Waals surface area contributed by atoms with E-state index in [4.69, 9.17) is 5.11 Å². The standard InChI is InChI=1S/C12H17FN2O2/c1-7(2)8(3)15(4)11-10(12(16)17)5-9(13)6-14-11/h5-8H,1-4H3,(H,16,17). The molecular formula is C12H17FN2O2. The van der Waals surface area contributed by atoms with Gasteiger partial charge in [-0.2, -0.15) is 0 Å². The van der Waals surface area contributed by atoms with Gasteiger partial charge in [0, 0.05) is 13.1 Å². The number of hydrogen-bond donors (Lipinski definition) is 1. The molecule has 0 spiro atoms. The third kappa shape index (κ3) is 2.93. The van der Waals surface area contributed by atoms with Gasteiger partial charge in [-0.1, -0.05) is 13.8 Å². The van der Waals surface area contributed by atoms with Gasteiger partial charge in [-0.15, -0.1) is 0 Å². The molecule has 4 nitrogen and oxygen atoms in total. The minimum Gasteiger partial charge on any atom is -0.478 e. The molecular weight excluding hydrogens is 223 g/mol. The number of pyridine rings is 1. The molecule has 1 aromatic heterocycles. The molecule has 0 aliphatic carbocycles. The zero-order valence-electron chi connectivity index (χ0n) is 10.4. The van der Waals surface area contributed by atoms with Crippen LogP contribution in [0.2, 0.25) is 0 Å². The molecule has 5 heteroatoms. The Balaban J connectivity index is 3.17. The Bertz CT molecular complexity index is 421. The van der Waals surface area contributed by atoms with Crippen LogP contribution in [0.5, 0.6) is 0 Å². The number of rotatable bonds is 4. The number of aromatic carboxylic acids is 1. The van der Waals surface area contributed by atoms with Crippen molar-refractivity contribution in [2.45, 2.75) is 26.8 Å². The first-order valence-electron chi connectivity index (χ1n) is 5.46. The average Bonchev–Trinajstić information content (AvgIpc) is 2.26. The second kappa shape index (κ2) is 5.12. The minimum atomic E-state index is -1.17. The van der Waals surface area contributed by atoms with Gasteiger partial charge < -0.3 is 10.0 Å². The summed E-state index contributed by atoms with van der Waals surface area (Å²) < 4.78 is 13.0. The Labute approximate surface area is 100 Å². The monoisotopic (exact) mass is 240 g/mol. The predicted molar refractivity (Wildman–Crippen MR) is 63.9 cm³/mol. The highest BCUT2D eigenvalue weighted by atomic mass is 19.1. The van der Waals surface area contributed by atoms with Crippen LogP contribution in [0.4, 0.5) is 10.2 Å². The summed E-state index contributed by atoms with van der Waals surface area (Å²) >= 11 is 0. The van der Waals surface area contributed by atoms with Crippen molar-refractivity contribution in [3.63, 3.8) is 0 Å². The molecule has 1 heterocycles. The van der Waals surface area contributed by atoms with Gasteiger partial charge in [0.15, 0.2) is 0 Å². The number of carbonyl (C=O) groups is 1. The number of hydrogen-bond acceptors (Lipinski definition) is 3. The van der Waals surface area contributed by atoms with Gasteiger partial charge in [0.05, 0.1) is 6.20 Å². The molecule has 0 aliphatic heterocycles. The molecule has 0 amide bonds. The van der Waals surface area contributed by atoms with E-state index in [0.29, 0.717) is 11.7 Å². The van der Waals surface area contributed by atoms with E-state index >= 15 is 0 Å². The molecule has 0 fully saturated rings. The molecule has 1 aromatic rings. The highest BCUT2D eigenvalue weighted by Gasteiger charge is 2.21. The third-order valence-electron chi connectivity index (χ3n) is 2.97. The lowest BCUT2D eigenvalue weighted by atomic mass is 10.0. The van der Waals surface area contributed by atoms with Crippen molar-refractivity contribution in [1.82, 2.24) is 4.98 Å². The number of anilines is 1. The summed E-state index contributed by atoms with van der Waals surface area (Å²) in [6, 6.07) is 1.11. The first-order chi connectivity index (χ1) is 7.84. The third-order valence-corrected chi connectivity index (χ3v) is 2.97. The summed E-state index contributed by atoms with van der Waals surface area (Å²) in [5, 5.41) is 9.03. The second-order valence-corrected chi connectivity index (χ2v) is 4.43. The molecule has 1 rings (SSSR count). The average molecular weight is 240 g/mol. The van der Waals surface area contributed by atoms with Crippen molar-refractivity contribution in [2.24, 2.45) is 5.92 Å². The maximum Gasteiger partial charge on any atom is 0.339 e. The zero-order chi connectivity index (χ0) is 13.2. The summed E-state index contributed by atoms with van der Waals surface area (Å²) in [6.45, 7) is 6.04. The molecule has 0 aliphatic rings. The van der Waals surface area contributed by atoms with Crippen molar-refractivity contribution < 1.29 is 14.3 Å². The van der Waals surface area contributed by atoms with E-state index in [1.807, 2.05) is 20.8 Å². The van der Waals surface area contributed by atoms with Crippen molar-refractivity contribution in [3.8, 4) is 0 Å². The predicted octanol–water partition coefficient (Wildman–Crippen LogP) is 2.40. The zero-order valence-corrected chi connectivity index (χ0v) is 10.4. The van der Waals surface area contributed by atoms with Crippen molar-refractivity contribution in [2.75, 3.05) is 11.9 Å². The Morgan fingerprint density at radius 1 is 1.47 bits per heavy atom. The number of nitrogens with zero attached hydrogens (tertiary/aromatic N) is 2. The van der Waals surface area contributed by atoms with E-state index in [1.54, 1.807) is 11.9 Å². The Morgan fingerprint density at radius 3 is 2.53 bits per heavy atom. The molecule has 0 saturated heterocycles. The van der Waals surface area contributed by atoms with Crippen LogP contribution in [-0.2, 0) is 0 Å². The fourth-order valence-electron chi connectivity index (χ4n) is 1.51. The second-order valence-electron chi connectivity index (χ2n) is 4.43. The summed E-state index contributed by atoms with van der Waals surface area (Å²) in [6.07, 6.45) is 1.03. The highest BCUT2D eigenvalue weighted by Crippen LogP contribution is 2.21. The van der Waals surface area contributed by atoms with E-state index in [2.05, 4.69) is 4.98 Å². The fraction of sp³-hybridized carbons (Fsp3) is 0.500. The van der Waals surface area contributed by atoms with Gasteiger partial charge in [-0.25, -0.2) is 14.2 Å². The summed E-state index contributed by atoms with van der Waals surface area (Å²) in [7, 11) is 1.76. The smallest absolute Gasteiger partial charge is 0.339 e. The van der Waals surface area contributed by atoms with E-state index in [9.17, 15) is 9.18 Å². The van der Waals surface area contributed by atoms with E-state index in [0.717, 1.165) is 12.3 Å². The summed E-state index contributed by atoms with van der Waals surface area (Å²) in [5.74, 6) is -1.18. The van der Waals surface area contributed by atoms with Gasteiger partial charge in [-0.05, 0) is 18.9 Å². The summed E-state index contributed by atoms with van der Waals surface area (Å²) in [4.78, 5) is 16.7. The molecule has 17 heavy (non-hydrogen) atoms. The minimum absolute atomic E-state index is 0.111. The molecule has 1 atom stereocenters. The van der Waals surface area contributed by atoms with Crippen LogP contribution >= 0.6 is 0 Å². The van der Waals surface area contributed by atoms with Gasteiger partial charge in [-0.3, -0.25) is 0 Å². The van der Waals surface area contributed by atoms with Crippen LogP contribution in [-0.4, -0.2) is 29.1 Å². The van der Waals surface area contributed by atoms with Crippen molar-refractivity contribution >= 4 is 11.8 Å². The van der Waals surface area contributed by atoms with Crippen LogP contribution in [0.3, 0.4) is 0 Å². The molecule has 94 valence electrons. The molecule has 1 unspecified atom stereocenters. The normalized spacial score (nSPS) is 12.6. The van der Waals surface area contributed by atoms with Gasteiger partial charge >= 0.3 is 5.97 Å². The lowest BCUT2D eigenvalue weighted by Crippen LogP contribution is -2.35. The van der Waals surface area contributed by atoms with Crippen LogP contribution in [0.1, 0.15) is 31.1 Å². The van der Waals surface area contributed by atoms with Gasteiger partial charge in [0.25, 0.3) is 0 Å². The van der Waals surface area contributed by atoms with E-state index < -0.39 is 11.8 Å². The lowest BCUT2D eigenvalue weighted by molar-refractivity contribution is 0.0696. The molecule has 0 aromatic carbocycles. The number of carboxylic acid groups (broad SMARTS) is 1. The van der Waals surface area contributed by atoms with E-state index in [1.165, 1.54) is 0 Å². The SMILES string of the molecule is CC(C)C(C)N(C)c1ncc(F)cc1C(=O)O. The highest BCUT2D eigenvalue weighted by molar-refractivity contribution is 5.93. The Kier molecular flexibility index (Phi) is 4.04. The number of aromatic nitrogens is 1. The summed E-state index contributed by atoms with van der Waals surface area (Å²) in [5.41, 5.74) is -0.111. The van der Waals surface area contributed by atoms with Crippen molar-refractivity contribution in [1.29, 1.82) is 0 Å². The number of carboxylic acids is 1. The molecule has 0 bridgehead atoms. The fourth-order valence-corrected chi connectivity index (χ4v) is 1.51. The van der Waals surface area contributed by atoms with E-state index in [-0.39, 0.29) is 11.6 Å². The Morgan fingerprint density at radius 2 is 2.06 bits per heavy atom.